The van der Waals surface area contributed by atoms with Gasteiger partial charge in [-0.2, -0.15) is 0 Å². The summed E-state index contributed by atoms with van der Waals surface area (Å²) >= 11 is 3.39. The third kappa shape index (κ3) is 7.22. The Balaban J connectivity index is 1.68. The minimum absolute atomic E-state index is 0.0667. The molecule has 1 aliphatic rings. The van der Waals surface area contributed by atoms with E-state index in [9.17, 15) is 18.0 Å². The highest BCUT2D eigenvalue weighted by molar-refractivity contribution is 9.10. The van der Waals surface area contributed by atoms with E-state index in [4.69, 9.17) is 4.74 Å². The average molecular weight is 629 g/mol. The summed E-state index contributed by atoms with van der Waals surface area (Å²) in [5, 5.41) is 3.08. The Hall–Kier alpha value is -3.37. The highest BCUT2D eigenvalue weighted by Gasteiger charge is 2.33. The second-order valence-corrected chi connectivity index (χ2v) is 12.6. The van der Waals surface area contributed by atoms with Gasteiger partial charge < -0.3 is 15.0 Å². The van der Waals surface area contributed by atoms with Crippen molar-refractivity contribution in [3.05, 3.63) is 88.9 Å². The topological polar surface area (TPSA) is 96.0 Å². The molecular formula is C30H34BrN3O5S. The van der Waals surface area contributed by atoms with Gasteiger partial charge in [-0.1, -0.05) is 59.1 Å². The largest absolute Gasteiger partial charge is 0.497 e. The zero-order valence-corrected chi connectivity index (χ0v) is 25.0. The van der Waals surface area contributed by atoms with Gasteiger partial charge in [0.15, 0.2) is 0 Å². The van der Waals surface area contributed by atoms with Gasteiger partial charge in [0.2, 0.25) is 11.8 Å². The summed E-state index contributed by atoms with van der Waals surface area (Å²) < 4.78 is 34.8. The van der Waals surface area contributed by atoms with E-state index in [-0.39, 0.29) is 23.4 Å². The number of nitrogens with zero attached hydrogens (tertiary/aromatic N) is 2. The van der Waals surface area contributed by atoms with Crippen molar-refractivity contribution in [2.75, 3.05) is 18.0 Å². The van der Waals surface area contributed by atoms with Crippen LogP contribution in [0.4, 0.5) is 5.69 Å². The van der Waals surface area contributed by atoms with Gasteiger partial charge in [-0.3, -0.25) is 13.9 Å². The predicted molar refractivity (Wildman–Crippen MR) is 159 cm³/mol. The van der Waals surface area contributed by atoms with Gasteiger partial charge in [0.25, 0.3) is 10.0 Å². The molecule has 0 saturated heterocycles. The first-order valence-corrected chi connectivity index (χ1v) is 15.5. The van der Waals surface area contributed by atoms with E-state index in [1.807, 2.05) is 12.1 Å². The van der Waals surface area contributed by atoms with Crippen LogP contribution in [0, 0.1) is 0 Å². The molecule has 3 aromatic rings. The van der Waals surface area contributed by atoms with E-state index in [0.29, 0.717) is 11.4 Å². The van der Waals surface area contributed by atoms with Crippen LogP contribution in [0.25, 0.3) is 0 Å². The van der Waals surface area contributed by atoms with Crippen molar-refractivity contribution in [3.63, 3.8) is 0 Å². The van der Waals surface area contributed by atoms with Crippen LogP contribution in [0.3, 0.4) is 0 Å². The Morgan fingerprint density at radius 2 is 1.68 bits per heavy atom. The van der Waals surface area contributed by atoms with E-state index < -0.39 is 28.5 Å². The lowest BCUT2D eigenvalue weighted by molar-refractivity contribution is -0.139. The number of carbonyl (C=O) groups is 2. The second kappa shape index (κ2) is 13.3. The fraction of sp³-hybridized carbons (Fsp3) is 0.333. The molecule has 0 unspecified atom stereocenters. The lowest BCUT2D eigenvalue weighted by atomic mass is 10.1. The Morgan fingerprint density at radius 3 is 2.33 bits per heavy atom. The van der Waals surface area contributed by atoms with Gasteiger partial charge in [0.1, 0.15) is 18.3 Å². The van der Waals surface area contributed by atoms with Crippen molar-refractivity contribution in [1.29, 1.82) is 0 Å². The molecule has 1 atom stereocenters. The zero-order valence-electron chi connectivity index (χ0n) is 22.6. The normalized spacial score (nSPS) is 14.4. The van der Waals surface area contributed by atoms with E-state index in [0.717, 1.165) is 40.0 Å². The number of hydrogen-bond donors (Lipinski definition) is 1. The highest BCUT2D eigenvalue weighted by atomic mass is 79.9. The summed E-state index contributed by atoms with van der Waals surface area (Å²) in [5.41, 5.74) is 1.10. The standard InChI is InChI=1S/C30H34BrN3O5S/c1-22(30(36)32-25-10-6-7-11-25)33(20-23-9-8-12-27(19-23)39-2)29(35)21-34(26-17-15-24(31)16-18-26)40(37,38)28-13-4-3-5-14-28/h3-5,8-9,12-19,22,25H,6-7,10-11,20-21H2,1-2H3,(H,32,36)/t22-/m1/s1. The molecule has 40 heavy (non-hydrogen) atoms. The van der Waals surface area contributed by atoms with Gasteiger partial charge in [0.05, 0.1) is 17.7 Å². The van der Waals surface area contributed by atoms with E-state index >= 15 is 0 Å². The number of sulfonamides is 1. The van der Waals surface area contributed by atoms with Gasteiger partial charge in [0, 0.05) is 17.1 Å². The third-order valence-corrected chi connectivity index (χ3v) is 9.40. The second-order valence-electron chi connectivity index (χ2n) is 9.84. The number of benzene rings is 3. The van der Waals surface area contributed by atoms with Crippen LogP contribution in [0.1, 0.15) is 38.2 Å². The lowest BCUT2D eigenvalue weighted by Gasteiger charge is -2.32. The highest BCUT2D eigenvalue weighted by Crippen LogP contribution is 2.26. The molecule has 1 saturated carbocycles. The monoisotopic (exact) mass is 627 g/mol. The van der Waals surface area contributed by atoms with Crippen LogP contribution in [0.15, 0.2) is 88.2 Å². The van der Waals surface area contributed by atoms with Crippen molar-refractivity contribution in [2.45, 2.75) is 56.1 Å². The minimum atomic E-state index is -4.09. The predicted octanol–water partition coefficient (Wildman–Crippen LogP) is 5.13. The molecule has 0 aromatic heterocycles. The molecule has 8 nitrogen and oxygen atoms in total. The molecular weight excluding hydrogens is 594 g/mol. The Kier molecular flexibility index (Phi) is 9.86. The summed E-state index contributed by atoms with van der Waals surface area (Å²) in [6.07, 6.45) is 3.94. The maximum absolute atomic E-state index is 14.0. The number of rotatable bonds is 11. The smallest absolute Gasteiger partial charge is 0.264 e. The number of hydrogen-bond acceptors (Lipinski definition) is 5. The summed E-state index contributed by atoms with van der Waals surface area (Å²) in [6.45, 7) is 1.30. The molecule has 4 rings (SSSR count). The van der Waals surface area contributed by atoms with Crippen molar-refractivity contribution < 1.29 is 22.7 Å². The number of nitrogens with one attached hydrogen (secondary N) is 1. The zero-order chi connectivity index (χ0) is 28.7. The van der Waals surface area contributed by atoms with Crippen LogP contribution in [-0.4, -0.2) is 50.9 Å². The van der Waals surface area contributed by atoms with Crippen LogP contribution in [0.2, 0.25) is 0 Å². The van der Waals surface area contributed by atoms with Crippen molar-refractivity contribution >= 4 is 43.5 Å². The van der Waals surface area contributed by atoms with Crippen molar-refractivity contribution in [3.8, 4) is 5.75 Å². The number of ether oxygens (including phenoxy) is 1. The van der Waals surface area contributed by atoms with Gasteiger partial charge >= 0.3 is 0 Å². The lowest BCUT2D eigenvalue weighted by Crippen LogP contribution is -2.52. The molecule has 1 aliphatic carbocycles. The van der Waals surface area contributed by atoms with Crippen LogP contribution < -0.4 is 14.4 Å². The van der Waals surface area contributed by atoms with E-state index in [2.05, 4.69) is 21.2 Å². The first-order chi connectivity index (χ1) is 19.2. The Morgan fingerprint density at radius 1 is 1.00 bits per heavy atom. The number of anilines is 1. The molecule has 10 heteroatoms. The number of carbonyl (C=O) groups excluding carboxylic acids is 2. The maximum Gasteiger partial charge on any atom is 0.264 e. The van der Waals surface area contributed by atoms with Crippen molar-refractivity contribution in [2.24, 2.45) is 0 Å². The quantitative estimate of drug-likeness (QED) is 0.318. The van der Waals surface area contributed by atoms with Gasteiger partial charge in [-0.25, -0.2) is 8.42 Å². The summed E-state index contributed by atoms with van der Waals surface area (Å²) in [5.74, 6) is -0.139. The Bertz CT molecular complexity index is 1410. The van der Waals surface area contributed by atoms with Crippen LogP contribution in [-0.2, 0) is 26.2 Å². The van der Waals surface area contributed by atoms with Gasteiger partial charge in [-0.05, 0) is 73.9 Å². The van der Waals surface area contributed by atoms with E-state index in [1.165, 1.54) is 17.0 Å². The van der Waals surface area contributed by atoms with Crippen LogP contribution in [0.5, 0.6) is 5.75 Å². The number of methoxy groups -OCH3 is 1. The SMILES string of the molecule is COc1cccc(CN(C(=O)CN(c2ccc(Br)cc2)S(=O)(=O)c2ccccc2)[C@H](C)C(=O)NC2CCCC2)c1. The minimum Gasteiger partial charge on any atom is -0.497 e. The average Bonchev–Trinajstić information content (AvgIpc) is 3.48. The van der Waals surface area contributed by atoms with E-state index in [1.54, 1.807) is 68.6 Å². The molecule has 0 radical (unpaired) electrons. The summed E-state index contributed by atoms with van der Waals surface area (Å²) in [7, 11) is -2.53. The van der Waals surface area contributed by atoms with Crippen LogP contribution >= 0.6 is 15.9 Å². The molecule has 212 valence electrons. The first-order valence-electron chi connectivity index (χ1n) is 13.2. The molecule has 3 aromatic carbocycles. The molecule has 1 N–H and O–H groups in total. The molecule has 0 aliphatic heterocycles. The fourth-order valence-corrected chi connectivity index (χ4v) is 6.50. The third-order valence-electron chi connectivity index (χ3n) is 7.08. The molecule has 1 fully saturated rings. The van der Waals surface area contributed by atoms with Gasteiger partial charge in [-0.15, -0.1) is 0 Å². The summed E-state index contributed by atoms with van der Waals surface area (Å²) in [6, 6.07) is 21.2. The van der Waals surface area contributed by atoms with Crippen molar-refractivity contribution in [1.82, 2.24) is 10.2 Å². The molecule has 2 amide bonds. The summed E-state index contributed by atoms with van der Waals surface area (Å²) in [4.78, 5) is 28.8. The molecule has 0 heterocycles. The number of amides is 2. The maximum atomic E-state index is 14.0. The Labute approximate surface area is 244 Å². The first kappa shape index (κ1) is 29.6. The molecule has 0 spiro atoms. The fourth-order valence-electron chi connectivity index (χ4n) is 4.80. The molecule has 0 bridgehead atoms. The number of halogens is 1.